The first kappa shape index (κ1) is 8.06. The first-order valence-corrected chi connectivity index (χ1v) is 3.73. The average molecular weight is 183 g/mol. The van der Waals surface area contributed by atoms with Gasteiger partial charge in [-0.3, -0.25) is 10.1 Å². The van der Waals surface area contributed by atoms with Crippen molar-refractivity contribution in [2.75, 3.05) is 14.2 Å². The molecule has 0 saturated carbocycles. The molecular weight excluding hydrogens is 174 g/mol. The topological polar surface area (TPSA) is 71.9 Å². The number of nitrogens with zero attached hydrogens (tertiary/aromatic N) is 1. The highest BCUT2D eigenvalue weighted by Crippen LogP contribution is 2.17. The van der Waals surface area contributed by atoms with Gasteiger partial charge < -0.3 is 14.8 Å². The summed E-state index contributed by atoms with van der Waals surface area (Å²) < 4.78 is 9.86. The van der Waals surface area contributed by atoms with Gasteiger partial charge in [0.15, 0.2) is 5.71 Å². The predicted molar refractivity (Wildman–Crippen MR) is 43.5 cm³/mol. The fraction of sp³-hybridized carbons (Fsp3) is 0.429. The Morgan fingerprint density at radius 3 is 2.85 bits per heavy atom. The summed E-state index contributed by atoms with van der Waals surface area (Å²) in [5.41, 5.74) is 0.906. The van der Waals surface area contributed by atoms with Crippen LogP contribution in [0.25, 0.3) is 0 Å². The molecule has 2 aliphatic rings. The molecule has 13 heavy (non-hydrogen) atoms. The summed E-state index contributed by atoms with van der Waals surface area (Å²) in [7, 11) is 2.99. The molecule has 70 valence electrons. The van der Waals surface area contributed by atoms with E-state index in [-0.39, 0.29) is 5.91 Å². The summed E-state index contributed by atoms with van der Waals surface area (Å²) in [5.74, 6) is 0.127. The van der Waals surface area contributed by atoms with E-state index >= 15 is 0 Å². The fourth-order valence-corrected chi connectivity index (χ4v) is 1.24. The van der Waals surface area contributed by atoms with Crippen LogP contribution in [-0.4, -0.2) is 32.2 Å². The third-order valence-corrected chi connectivity index (χ3v) is 1.85. The standard InChI is InChI=1S/C7H9N3O3/c1-12-6-4-3(5(11)10-6)8-7(9-4)13-2/h7,9H,1-2H3,(H,10,11). The number of rotatable bonds is 2. The van der Waals surface area contributed by atoms with Gasteiger partial charge >= 0.3 is 0 Å². The monoisotopic (exact) mass is 183 g/mol. The zero-order valence-electron chi connectivity index (χ0n) is 7.25. The zero-order chi connectivity index (χ0) is 9.42. The van der Waals surface area contributed by atoms with E-state index in [2.05, 4.69) is 15.6 Å². The molecule has 2 heterocycles. The van der Waals surface area contributed by atoms with Crippen LogP contribution in [0, 0.1) is 0 Å². The summed E-state index contributed by atoms with van der Waals surface area (Å²) in [6.07, 6.45) is -0.485. The van der Waals surface area contributed by atoms with E-state index in [1.165, 1.54) is 14.2 Å². The predicted octanol–water partition coefficient (Wildman–Crippen LogP) is -1.09. The van der Waals surface area contributed by atoms with Crippen molar-refractivity contribution in [2.45, 2.75) is 6.35 Å². The molecular formula is C7H9N3O3. The van der Waals surface area contributed by atoms with Gasteiger partial charge in [0.2, 0.25) is 12.2 Å². The van der Waals surface area contributed by atoms with Crippen LogP contribution in [0.3, 0.4) is 0 Å². The molecule has 0 saturated heterocycles. The molecule has 0 spiro atoms. The number of hydrogen-bond acceptors (Lipinski definition) is 5. The highest BCUT2D eigenvalue weighted by molar-refractivity contribution is 6.48. The van der Waals surface area contributed by atoms with Crippen LogP contribution in [0.5, 0.6) is 0 Å². The molecule has 0 bridgehead atoms. The third-order valence-electron chi connectivity index (χ3n) is 1.85. The van der Waals surface area contributed by atoms with Gasteiger partial charge in [-0.15, -0.1) is 0 Å². The SMILES string of the molecule is COC1=C2NC(OC)N=C2C(=O)N1. The summed E-state index contributed by atoms with van der Waals surface area (Å²) >= 11 is 0. The van der Waals surface area contributed by atoms with Crippen molar-refractivity contribution in [3.8, 4) is 0 Å². The second-order valence-corrected chi connectivity index (χ2v) is 2.57. The Balaban J connectivity index is 2.32. The molecule has 2 N–H and O–H groups in total. The lowest BCUT2D eigenvalue weighted by Crippen LogP contribution is -2.25. The average Bonchev–Trinajstić information content (AvgIpc) is 2.66. The van der Waals surface area contributed by atoms with Crippen LogP contribution in [0.2, 0.25) is 0 Å². The van der Waals surface area contributed by atoms with E-state index in [4.69, 9.17) is 9.47 Å². The normalized spacial score (nSPS) is 25.2. The highest BCUT2D eigenvalue weighted by Gasteiger charge is 2.36. The molecule has 0 aromatic carbocycles. The molecule has 0 aliphatic carbocycles. The molecule has 1 unspecified atom stereocenters. The first-order valence-electron chi connectivity index (χ1n) is 3.73. The number of nitrogens with one attached hydrogen (secondary N) is 2. The van der Waals surface area contributed by atoms with E-state index in [9.17, 15) is 4.79 Å². The van der Waals surface area contributed by atoms with Crippen LogP contribution in [0.15, 0.2) is 16.6 Å². The van der Waals surface area contributed by atoms with Gasteiger partial charge in [0.1, 0.15) is 5.70 Å². The molecule has 0 aromatic rings. The minimum atomic E-state index is -0.485. The maximum atomic E-state index is 11.2. The van der Waals surface area contributed by atoms with Gasteiger partial charge in [0.25, 0.3) is 5.91 Å². The number of methoxy groups -OCH3 is 2. The van der Waals surface area contributed by atoms with Crippen molar-refractivity contribution >= 4 is 11.6 Å². The van der Waals surface area contributed by atoms with E-state index in [0.717, 1.165) is 0 Å². The Hall–Kier alpha value is -1.56. The summed E-state index contributed by atoms with van der Waals surface area (Å²) in [6, 6.07) is 0. The lowest BCUT2D eigenvalue weighted by atomic mass is 10.3. The van der Waals surface area contributed by atoms with E-state index in [0.29, 0.717) is 17.3 Å². The van der Waals surface area contributed by atoms with Crippen molar-refractivity contribution in [1.82, 2.24) is 10.6 Å². The van der Waals surface area contributed by atoms with Crippen LogP contribution < -0.4 is 10.6 Å². The second-order valence-electron chi connectivity index (χ2n) is 2.57. The second kappa shape index (κ2) is 2.74. The van der Waals surface area contributed by atoms with Gasteiger partial charge in [0, 0.05) is 7.11 Å². The molecule has 1 atom stereocenters. The molecule has 0 fully saturated rings. The highest BCUT2D eigenvalue weighted by atomic mass is 16.5. The van der Waals surface area contributed by atoms with Crippen LogP contribution in [-0.2, 0) is 14.3 Å². The number of aliphatic imine (C=N–C) groups is 1. The Labute approximate surface area is 74.6 Å². The zero-order valence-corrected chi connectivity index (χ0v) is 7.25. The van der Waals surface area contributed by atoms with Gasteiger partial charge in [-0.1, -0.05) is 0 Å². The Bertz CT molecular complexity index is 321. The number of carbonyl (C=O) groups excluding carboxylic acids is 1. The Kier molecular flexibility index (Phi) is 1.70. The maximum absolute atomic E-state index is 11.2. The number of carbonyl (C=O) groups is 1. The Morgan fingerprint density at radius 1 is 1.46 bits per heavy atom. The van der Waals surface area contributed by atoms with Crippen molar-refractivity contribution in [1.29, 1.82) is 0 Å². The summed E-state index contributed by atoms with van der Waals surface area (Å²) in [5, 5.41) is 5.40. The van der Waals surface area contributed by atoms with Gasteiger partial charge in [-0.05, 0) is 0 Å². The fourth-order valence-electron chi connectivity index (χ4n) is 1.24. The van der Waals surface area contributed by atoms with Crippen LogP contribution in [0.1, 0.15) is 0 Å². The van der Waals surface area contributed by atoms with Crippen molar-refractivity contribution < 1.29 is 14.3 Å². The third kappa shape index (κ3) is 1.06. The molecule has 1 amide bonds. The minimum Gasteiger partial charge on any atom is -0.481 e. The minimum absolute atomic E-state index is 0.265. The van der Waals surface area contributed by atoms with E-state index in [1.54, 1.807) is 0 Å². The first-order chi connectivity index (χ1) is 6.26. The Morgan fingerprint density at radius 2 is 2.23 bits per heavy atom. The summed E-state index contributed by atoms with van der Waals surface area (Å²) in [6.45, 7) is 0. The van der Waals surface area contributed by atoms with Crippen LogP contribution >= 0.6 is 0 Å². The summed E-state index contributed by atoms with van der Waals surface area (Å²) in [4.78, 5) is 15.2. The molecule has 2 aliphatic heterocycles. The van der Waals surface area contributed by atoms with E-state index in [1.807, 2.05) is 0 Å². The molecule has 0 aromatic heterocycles. The van der Waals surface area contributed by atoms with Crippen molar-refractivity contribution in [3.63, 3.8) is 0 Å². The number of ether oxygens (including phenoxy) is 2. The molecule has 0 radical (unpaired) electrons. The van der Waals surface area contributed by atoms with Gasteiger partial charge in [-0.2, -0.15) is 0 Å². The van der Waals surface area contributed by atoms with Crippen LogP contribution in [0.4, 0.5) is 0 Å². The molecule has 6 nitrogen and oxygen atoms in total. The largest absolute Gasteiger partial charge is 0.481 e. The maximum Gasteiger partial charge on any atom is 0.278 e. The van der Waals surface area contributed by atoms with Crippen molar-refractivity contribution in [2.24, 2.45) is 4.99 Å². The number of fused-ring (bicyclic) bond motifs is 1. The lowest BCUT2D eigenvalue weighted by Gasteiger charge is -2.07. The van der Waals surface area contributed by atoms with Gasteiger partial charge in [-0.25, -0.2) is 4.99 Å². The lowest BCUT2D eigenvalue weighted by molar-refractivity contribution is -0.114. The van der Waals surface area contributed by atoms with Crippen molar-refractivity contribution in [3.05, 3.63) is 11.6 Å². The quantitative estimate of drug-likeness (QED) is 0.570. The number of hydrogen-bond donors (Lipinski definition) is 2. The van der Waals surface area contributed by atoms with Gasteiger partial charge in [0.05, 0.1) is 7.11 Å². The number of amides is 1. The smallest absolute Gasteiger partial charge is 0.278 e. The molecule has 6 heteroatoms. The van der Waals surface area contributed by atoms with E-state index < -0.39 is 6.35 Å². The molecule has 2 rings (SSSR count).